The lowest BCUT2D eigenvalue weighted by Gasteiger charge is -2.34. The third-order valence-electron chi connectivity index (χ3n) is 3.35. The van der Waals surface area contributed by atoms with E-state index in [9.17, 15) is 4.91 Å². The van der Waals surface area contributed by atoms with Crippen molar-refractivity contribution in [2.45, 2.75) is 27.3 Å². The van der Waals surface area contributed by atoms with Crippen LogP contribution in [-0.2, 0) is 6.54 Å². The van der Waals surface area contributed by atoms with Crippen LogP contribution in [0.4, 0.5) is 0 Å². The molecule has 112 valence electrons. The van der Waals surface area contributed by atoms with Gasteiger partial charge in [0, 0.05) is 51.2 Å². The molecule has 0 N–H and O–H groups in total. The summed E-state index contributed by atoms with van der Waals surface area (Å²) in [6.07, 6.45) is 1.96. The second-order valence-corrected chi connectivity index (χ2v) is 4.78. The van der Waals surface area contributed by atoms with Gasteiger partial charge in [0.2, 0.25) is 0 Å². The average molecular weight is 278 g/mol. The second kappa shape index (κ2) is 9.55. The topological polar surface area (TPSA) is 48.8 Å². The fourth-order valence-corrected chi connectivity index (χ4v) is 2.20. The molecule has 0 amide bonds. The van der Waals surface area contributed by atoms with E-state index in [1.54, 1.807) is 0 Å². The van der Waals surface area contributed by atoms with E-state index in [0.29, 0.717) is 6.54 Å². The quantitative estimate of drug-likeness (QED) is 0.775. The maximum Gasteiger partial charge on any atom is 0.0938 e. The van der Waals surface area contributed by atoms with Crippen molar-refractivity contribution in [1.29, 1.82) is 0 Å². The van der Waals surface area contributed by atoms with Crippen LogP contribution in [0.5, 0.6) is 0 Å². The summed E-state index contributed by atoms with van der Waals surface area (Å²) in [5, 5.41) is 2.91. The number of nitroso groups, excluding NO2 is 1. The minimum absolute atomic E-state index is 0.405. The molecule has 0 bridgehead atoms. The fourth-order valence-electron chi connectivity index (χ4n) is 2.20. The summed E-state index contributed by atoms with van der Waals surface area (Å²) in [4.78, 5) is 19.1. The number of hydrogen-bond acceptors (Lipinski definition) is 5. The molecule has 1 saturated heterocycles. The second-order valence-electron chi connectivity index (χ2n) is 4.78. The molecule has 2 rings (SSSR count). The lowest BCUT2D eigenvalue weighted by molar-refractivity contribution is 0.130. The fraction of sp³-hybridized carbons (Fsp3) is 0.667. The van der Waals surface area contributed by atoms with E-state index in [4.69, 9.17) is 0 Å². The van der Waals surface area contributed by atoms with Crippen LogP contribution in [0.2, 0.25) is 0 Å². The molecule has 1 aliphatic rings. The van der Waals surface area contributed by atoms with Crippen LogP contribution >= 0.6 is 0 Å². The van der Waals surface area contributed by atoms with Crippen LogP contribution in [-0.4, -0.2) is 54.1 Å². The Balaban J connectivity index is 0.000000956. The molecule has 20 heavy (non-hydrogen) atoms. The molecule has 0 radical (unpaired) electrons. The highest BCUT2D eigenvalue weighted by atomic mass is 16.3. The van der Waals surface area contributed by atoms with Crippen LogP contribution in [0.3, 0.4) is 0 Å². The van der Waals surface area contributed by atoms with Gasteiger partial charge < -0.3 is 0 Å². The number of piperazine rings is 1. The van der Waals surface area contributed by atoms with Gasteiger partial charge in [-0.05, 0) is 18.6 Å². The molecule has 5 heteroatoms. The third kappa shape index (κ3) is 5.75. The Morgan fingerprint density at radius 1 is 1.15 bits per heavy atom. The van der Waals surface area contributed by atoms with Crippen LogP contribution < -0.4 is 0 Å². The molecule has 1 aliphatic heterocycles. The van der Waals surface area contributed by atoms with Crippen LogP contribution in [0.1, 0.15) is 25.1 Å². The van der Waals surface area contributed by atoms with E-state index < -0.39 is 0 Å². The Bertz CT molecular complexity index is 372. The summed E-state index contributed by atoms with van der Waals surface area (Å²) in [6.45, 7) is 12.3. The molecule has 0 atom stereocenters. The largest absolute Gasteiger partial charge is 0.299 e. The van der Waals surface area contributed by atoms with Gasteiger partial charge in [-0.2, -0.15) is 4.91 Å². The standard InChI is InChI=1S/C13H20N4O.C2H6/c1-12-2-3-13(10-14-12)11-17-8-6-16(7-9-17)5-4-15-18;1-2/h2-3,10H,4-9,11H2,1H3;1-2H3. The molecule has 1 fully saturated rings. The van der Waals surface area contributed by atoms with E-state index in [1.165, 1.54) is 5.56 Å². The first-order valence-corrected chi connectivity index (χ1v) is 7.43. The van der Waals surface area contributed by atoms with Crippen molar-refractivity contribution in [3.05, 3.63) is 34.5 Å². The van der Waals surface area contributed by atoms with Crippen molar-refractivity contribution >= 4 is 0 Å². The number of nitrogens with zero attached hydrogens (tertiary/aromatic N) is 4. The number of aromatic nitrogens is 1. The smallest absolute Gasteiger partial charge is 0.0938 e. The maximum absolute atomic E-state index is 10.1. The molecule has 0 aromatic carbocycles. The van der Waals surface area contributed by atoms with Crippen LogP contribution in [0.15, 0.2) is 23.5 Å². The van der Waals surface area contributed by atoms with Crippen molar-refractivity contribution in [1.82, 2.24) is 14.8 Å². The van der Waals surface area contributed by atoms with E-state index in [2.05, 4.69) is 32.1 Å². The summed E-state index contributed by atoms with van der Waals surface area (Å²) >= 11 is 0. The van der Waals surface area contributed by atoms with Crippen molar-refractivity contribution < 1.29 is 0 Å². The molecule has 0 spiro atoms. The Morgan fingerprint density at radius 3 is 2.35 bits per heavy atom. The summed E-state index contributed by atoms with van der Waals surface area (Å²) in [6, 6.07) is 4.20. The van der Waals surface area contributed by atoms with E-state index in [0.717, 1.165) is 45.0 Å². The maximum atomic E-state index is 10.1. The number of aryl methyl sites for hydroxylation is 1. The number of rotatable bonds is 5. The van der Waals surface area contributed by atoms with Crippen molar-refractivity contribution in [3.63, 3.8) is 0 Å². The monoisotopic (exact) mass is 278 g/mol. The Hall–Kier alpha value is -1.33. The lowest BCUT2D eigenvalue weighted by atomic mass is 10.2. The molecule has 0 unspecified atom stereocenters. The van der Waals surface area contributed by atoms with E-state index in [-0.39, 0.29) is 0 Å². The van der Waals surface area contributed by atoms with Gasteiger partial charge in [-0.15, -0.1) is 0 Å². The predicted octanol–water partition coefficient (Wildman–Crippen LogP) is 2.30. The number of pyridine rings is 1. The van der Waals surface area contributed by atoms with Crippen molar-refractivity contribution in [2.75, 3.05) is 39.3 Å². The predicted molar refractivity (Wildman–Crippen MR) is 82.7 cm³/mol. The van der Waals surface area contributed by atoms with Gasteiger partial charge in [0.15, 0.2) is 0 Å². The molecular weight excluding hydrogens is 252 g/mol. The minimum atomic E-state index is 0.405. The summed E-state index contributed by atoms with van der Waals surface area (Å²) in [7, 11) is 0. The molecule has 0 saturated carbocycles. The van der Waals surface area contributed by atoms with Crippen molar-refractivity contribution in [2.24, 2.45) is 5.18 Å². The first-order chi connectivity index (χ1) is 9.78. The SMILES string of the molecule is CC.Cc1ccc(CN2CCN(CCN=O)CC2)cn1. The first kappa shape index (κ1) is 16.7. The van der Waals surface area contributed by atoms with E-state index >= 15 is 0 Å². The third-order valence-corrected chi connectivity index (χ3v) is 3.35. The summed E-state index contributed by atoms with van der Waals surface area (Å²) < 4.78 is 0. The minimum Gasteiger partial charge on any atom is -0.299 e. The van der Waals surface area contributed by atoms with Gasteiger partial charge in [-0.1, -0.05) is 25.1 Å². The highest BCUT2D eigenvalue weighted by molar-refractivity contribution is 5.13. The van der Waals surface area contributed by atoms with Crippen LogP contribution in [0, 0.1) is 11.8 Å². The van der Waals surface area contributed by atoms with Gasteiger partial charge in [-0.3, -0.25) is 14.8 Å². The normalized spacial score (nSPS) is 16.4. The van der Waals surface area contributed by atoms with Crippen molar-refractivity contribution in [3.8, 4) is 0 Å². The van der Waals surface area contributed by atoms with Gasteiger partial charge >= 0.3 is 0 Å². The highest BCUT2D eigenvalue weighted by Crippen LogP contribution is 2.08. The highest BCUT2D eigenvalue weighted by Gasteiger charge is 2.16. The first-order valence-electron chi connectivity index (χ1n) is 7.43. The Morgan fingerprint density at radius 2 is 1.80 bits per heavy atom. The molecule has 1 aromatic heterocycles. The van der Waals surface area contributed by atoms with Gasteiger partial charge in [0.25, 0.3) is 0 Å². The molecule has 5 nitrogen and oxygen atoms in total. The molecular formula is C15H26N4O. The lowest BCUT2D eigenvalue weighted by Crippen LogP contribution is -2.46. The number of hydrogen-bond donors (Lipinski definition) is 0. The molecule has 1 aromatic rings. The molecule has 2 heterocycles. The molecule has 0 aliphatic carbocycles. The Labute approximate surface area is 122 Å². The summed E-state index contributed by atoms with van der Waals surface area (Å²) in [5.41, 5.74) is 2.33. The van der Waals surface area contributed by atoms with Gasteiger partial charge in [0.05, 0.1) is 6.54 Å². The van der Waals surface area contributed by atoms with Gasteiger partial charge in [0.1, 0.15) is 0 Å². The zero-order chi connectivity index (χ0) is 14.8. The Kier molecular flexibility index (Phi) is 7.99. The van der Waals surface area contributed by atoms with E-state index in [1.807, 2.05) is 27.0 Å². The zero-order valence-electron chi connectivity index (χ0n) is 12.9. The van der Waals surface area contributed by atoms with Crippen LogP contribution in [0.25, 0.3) is 0 Å². The van der Waals surface area contributed by atoms with Gasteiger partial charge in [-0.25, -0.2) is 0 Å². The average Bonchev–Trinajstić information content (AvgIpc) is 2.51. The summed E-state index contributed by atoms with van der Waals surface area (Å²) in [5.74, 6) is 0. The zero-order valence-corrected chi connectivity index (χ0v) is 12.9.